The Balaban J connectivity index is 2.86. The van der Waals surface area contributed by atoms with Crippen LogP contribution in [0.1, 0.15) is 0 Å². The van der Waals surface area contributed by atoms with Gasteiger partial charge in [-0.15, -0.1) is 0 Å². The normalized spacial score (nSPS) is 16.5. The Kier molecular flexibility index (Phi) is 1.03. The monoisotopic (exact) mass is 107 g/mol. The summed E-state index contributed by atoms with van der Waals surface area (Å²) in [4.78, 5) is 0. The summed E-state index contributed by atoms with van der Waals surface area (Å²) in [5, 5.41) is 0. The number of hydrogen-bond donors (Lipinski definition) is 2. The molecule has 1 rings (SSSR count). The molecule has 4 N–H and O–H groups in total. The average molecular weight is 107 g/mol. The Morgan fingerprint density at radius 3 is 2.38 bits per heavy atom. The molecule has 0 amide bonds. The van der Waals surface area contributed by atoms with Crippen molar-refractivity contribution in [2.45, 2.75) is 0 Å². The predicted molar refractivity (Wildman–Crippen MR) is 32.4 cm³/mol. The summed E-state index contributed by atoms with van der Waals surface area (Å²) in [6.45, 7) is 0. The molecule has 2 nitrogen and oxygen atoms in total. The highest BCUT2D eigenvalue weighted by Crippen LogP contribution is 1.98. The van der Waals surface area contributed by atoms with E-state index in [2.05, 4.69) is 6.08 Å². The molecule has 1 aliphatic rings. The van der Waals surface area contributed by atoms with Gasteiger partial charge in [0.05, 0.1) is 18.2 Å². The minimum Gasteiger partial charge on any atom is -0.369 e. The maximum Gasteiger partial charge on any atom is 0.200 e. The molecular weight excluding hydrogens is 100 g/mol. The predicted octanol–water partition coefficient (Wildman–Crippen LogP) is 0.0446. The van der Waals surface area contributed by atoms with E-state index in [1.54, 1.807) is 18.2 Å². The van der Waals surface area contributed by atoms with E-state index in [1.807, 2.05) is 0 Å². The van der Waals surface area contributed by atoms with E-state index in [4.69, 9.17) is 11.5 Å². The van der Waals surface area contributed by atoms with Crippen molar-refractivity contribution in [1.82, 2.24) is 0 Å². The zero-order valence-electron chi connectivity index (χ0n) is 4.39. The van der Waals surface area contributed by atoms with Crippen LogP contribution in [0.4, 0.5) is 0 Å². The van der Waals surface area contributed by atoms with E-state index < -0.39 is 0 Å². The second-order valence-corrected chi connectivity index (χ2v) is 1.58. The molecule has 2 heteroatoms. The molecule has 0 bridgehead atoms. The third kappa shape index (κ3) is 0.863. The minimum absolute atomic E-state index is 0.624. The smallest absolute Gasteiger partial charge is 0.200 e. The van der Waals surface area contributed by atoms with E-state index in [0.717, 1.165) is 0 Å². The molecule has 0 unspecified atom stereocenters. The van der Waals surface area contributed by atoms with E-state index in [-0.39, 0.29) is 0 Å². The second kappa shape index (κ2) is 1.68. The molecule has 8 heavy (non-hydrogen) atoms. The van der Waals surface area contributed by atoms with Gasteiger partial charge in [0.25, 0.3) is 0 Å². The van der Waals surface area contributed by atoms with Gasteiger partial charge in [-0.1, -0.05) is 0 Å². The Morgan fingerprint density at radius 1 is 1.25 bits per heavy atom. The quantitative estimate of drug-likeness (QED) is 0.429. The molecular formula is C6H7N2+. The first-order valence-electron chi connectivity index (χ1n) is 2.32. The number of hydrogen-bond acceptors (Lipinski definition) is 2. The van der Waals surface area contributed by atoms with Crippen molar-refractivity contribution in [3.63, 3.8) is 0 Å². The summed E-state index contributed by atoms with van der Waals surface area (Å²) in [6.07, 6.45) is 7.86. The van der Waals surface area contributed by atoms with Gasteiger partial charge in [0.1, 0.15) is 11.8 Å². The number of rotatable bonds is 0. The van der Waals surface area contributed by atoms with Crippen LogP contribution in [0, 0.1) is 6.08 Å². The third-order valence-corrected chi connectivity index (χ3v) is 0.861. The van der Waals surface area contributed by atoms with E-state index in [9.17, 15) is 0 Å². The highest BCUT2D eigenvalue weighted by Gasteiger charge is 1.99. The number of allylic oxidation sites excluding steroid dienone is 4. The largest absolute Gasteiger partial charge is 0.369 e. The van der Waals surface area contributed by atoms with Gasteiger partial charge in [0, 0.05) is 0 Å². The van der Waals surface area contributed by atoms with Crippen LogP contribution in [0.25, 0.3) is 0 Å². The van der Waals surface area contributed by atoms with Crippen molar-refractivity contribution in [2.75, 3.05) is 0 Å². The van der Waals surface area contributed by atoms with Gasteiger partial charge < -0.3 is 11.5 Å². The molecule has 0 aliphatic heterocycles. The van der Waals surface area contributed by atoms with Crippen LogP contribution in [-0.4, -0.2) is 0 Å². The SMILES string of the molecule is NC1=[C+]C=C(N)C=C1. The van der Waals surface area contributed by atoms with Crippen molar-refractivity contribution >= 4 is 0 Å². The van der Waals surface area contributed by atoms with Crippen LogP contribution in [-0.2, 0) is 0 Å². The van der Waals surface area contributed by atoms with Crippen molar-refractivity contribution in [1.29, 1.82) is 0 Å². The molecule has 0 saturated carbocycles. The zero-order valence-corrected chi connectivity index (χ0v) is 4.39. The first kappa shape index (κ1) is 4.88. The van der Waals surface area contributed by atoms with Crippen molar-refractivity contribution in [3.05, 3.63) is 35.7 Å². The molecule has 0 spiro atoms. The van der Waals surface area contributed by atoms with Gasteiger partial charge in [0.2, 0.25) is 5.70 Å². The van der Waals surface area contributed by atoms with Crippen LogP contribution < -0.4 is 11.5 Å². The average Bonchev–Trinajstić information content (AvgIpc) is 1.77. The molecule has 0 aromatic carbocycles. The van der Waals surface area contributed by atoms with Gasteiger partial charge >= 0.3 is 0 Å². The summed E-state index contributed by atoms with van der Waals surface area (Å²) >= 11 is 0. The zero-order chi connectivity index (χ0) is 5.98. The topological polar surface area (TPSA) is 52.0 Å². The first-order chi connectivity index (χ1) is 3.79. The summed E-state index contributed by atoms with van der Waals surface area (Å²) in [7, 11) is 0. The molecule has 1 aliphatic carbocycles. The fourth-order valence-corrected chi connectivity index (χ4v) is 0.449. The van der Waals surface area contributed by atoms with Crippen molar-refractivity contribution in [2.24, 2.45) is 11.5 Å². The lowest BCUT2D eigenvalue weighted by Gasteiger charge is -1.85. The van der Waals surface area contributed by atoms with Crippen LogP contribution in [0.3, 0.4) is 0 Å². The molecule has 0 saturated heterocycles. The molecule has 0 radical (unpaired) electrons. The Hall–Kier alpha value is -1.27. The van der Waals surface area contributed by atoms with Crippen molar-refractivity contribution in [3.8, 4) is 0 Å². The van der Waals surface area contributed by atoms with Gasteiger partial charge in [-0.2, -0.15) is 0 Å². The highest BCUT2D eigenvalue weighted by molar-refractivity contribution is 5.31. The Bertz CT molecular complexity index is 155. The summed E-state index contributed by atoms with van der Waals surface area (Å²) < 4.78 is 0. The Labute approximate surface area is 48.2 Å². The third-order valence-electron chi connectivity index (χ3n) is 0.861. The molecule has 0 fully saturated rings. The molecule has 0 atom stereocenters. The summed E-state index contributed by atoms with van der Waals surface area (Å²) in [5.41, 5.74) is 12.0. The van der Waals surface area contributed by atoms with Gasteiger partial charge in [-0.05, 0) is 0 Å². The van der Waals surface area contributed by atoms with Crippen LogP contribution in [0.5, 0.6) is 0 Å². The highest BCUT2D eigenvalue weighted by atomic mass is 14.6. The molecule has 0 aromatic rings. The Morgan fingerprint density at radius 2 is 2.00 bits per heavy atom. The lowest BCUT2D eigenvalue weighted by molar-refractivity contribution is 1.32. The second-order valence-electron chi connectivity index (χ2n) is 1.58. The molecule has 40 valence electrons. The van der Waals surface area contributed by atoms with Crippen LogP contribution in [0.2, 0.25) is 0 Å². The number of nitrogens with two attached hydrogens (primary N) is 2. The summed E-state index contributed by atoms with van der Waals surface area (Å²) in [6, 6.07) is 0. The summed E-state index contributed by atoms with van der Waals surface area (Å²) in [5.74, 6) is 0. The van der Waals surface area contributed by atoms with Gasteiger partial charge in [-0.25, -0.2) is 0 Å². The maximum atomic E-state index is 5.34. The first-order valence-corrected chi connectivity index (χ1v) is 2.32. The minimum atomic E-state index is 0.624. The fourth-order valence-electron chi connectivity index (χ4n) is 0.449. The maximum absolute atomic E-state index is 5.34. The van der Waals surface area contributed by atoms with Gasteiger partial charge in [0.15, 0.2) is 0 Å². The van der Waals surface area contributed by atoms with E-state index in [1.165, 1.54) is 0 Å². The van der Waals surface area contributed by atoms with E-state index >= 15 is 0 Å². The van der Waals surface area contributed by atoms with Gasteiger partial charge in [-0.3, -0.25) is 0 Å². The molecule has 0 aromatic heterocycles. The standard InChI is InChI=1S/C6H7N2/c7-5-1-2-6(8)4-3-5/h1-3H,7-8H2/q+1. The van der Waals surface area contributed by atoms with Crippen LogP contribution in [0.15, 0.2) is 29.6 Å². The van der Waals surface area contributed by atoms with Crippen molar-refractivity contribution < 1.29 is 0 Å². The van der Waals surface area contributed by atoms with Crippen LogP contribution >= 0.6 is 0 Å². The molecule has 0 heterocycles. The lowest BCUT2D eigenvalue weighted by atomic mass is 10.2. The fraction of sp³-hybridized carbons (Fsp3) is 0. The van der Waals surface area contributed by atoms with E-state index in [0.29, 0.717) is 11.4 Å². The lowest BCUT2D eigenvalue weighted by Crippen LogP contribution is -2.00.